The van der Waals surface area contributed by atoms with E-state index in [2.05, 4.69) is 6.92 Å². The minimum atomic E-state index is 0.372. The van der Waals surface area contributed by atoms with E-state index in [4.69, 9.17) is 10.2 Å². The van der Waals surface area contributed by atoms with Gasteiger partial charge in [0.1, 0.15) is 0 Å². The van der Waals surface area contributed by atoms with E-state index in [0.717, 1.165) is 13.5 Å². The minimum Gasteiger partial charge on any atom is -0.400 e. The van der Waals surface area contributed by atoms with Crippen molar-refractivity contribution in [1.29, 1.82) is 0 Å². The second-order valence-corrected chi connectivity index (χ2v) is 4.61. The average Bonchev–Trinajstić information content (AvgIpc) is 2.38. The monoisotopic (exact) mass is 246 g/mol. The summed E-state index contributed by atoms with van der Waals surface area (Å²) in [7, 11) is 1.00. The zero-order chi connectivity index (χ0) is 13.2. The van der Waals surface area contributed by atoms with Crippen LogP contribution in [0.1, 0.15) is 84.0 Å². The first-order valence-corrected chi connectivity index (χ1v) is 7.47. The highest BCUT2D eigenvalue weighted by Gasteiger charge is 1.92. The van der Waals surface area contributed by atoms with E-state index < -0.39 is 0 Å². The smallest absolute Gasteiger partial charge is 0.0431 e. The summed E-state index contributed by atoms with van der Waals surface area (Å²) in [5.74, 6) is 0. The topological polar surface area (TPSA) is 40.5 Å². The molecule has 0 unspecified atom stereocenters. The van der Waals surface area contributed by atoms with Crippen molar-refractivity contribution in [1.82, 2.24) is 0 Å². The van der Waals surface area contributed by atoms with Crippen LogP contribution in [0, 0.1) is 0 Å². The van der Waals surface area contributed by atoms with Crippen molar-refractivity contribution in [3.05, 3.63) is 0 Å². The molecule has 0 saturated heterocycles. The molecule has 2 N–H and O–H groups in total. The number of hydrogen-bond donors (Lipinski definition) is 2. The highest BCUT2D eigenvalue weighted by atomic mass is 16.3. The van der Waals surface area contributed by atoms with Gasteiger partial charge in [0, 0.05) is 13.7 Å². The van der Waals surface area contributed by atoms with E-state index in [-0.39, 0.29) is 0 Å². The van der Waals surface area contributed by atoms with Gasteiger partial charge in [-0.2, -0.15) is 0 Å². The Bertz CT molecular complexity index is 93.1. The molecule has 2 nitrogen and oxygen atoms in total. The fraction of sp³-hybridized carbons (Fsp3) is 1.00. The molecule has 0 radical (unpaired) electrons. The Balaban J connectivity index is 0. The summed E-state index contributed by atoms with van der Waals surface area (Å²) in [6.07, 6.45) is 16.2. The lowest BCUT2D eigenvalue weighted by Crippen LogP contribution is -1.84. The molecule has 0 bridgehead atoms. The van der Waals surface area contributed by atoms with E-state index in [1.54, 1.807) is 0 Å². The number of unbranched alkanes of at least 4 members (excludes halogenated alkanes) is 11. The quantitative estimate of drug-likeness (QED) is 0.504. The lowest BCUT2D eigenvalue weighted by molar-refractivity contribution is 0.282. The third kappa shape index (κ3) is 21.7. The standard InChI is InChI=1S/C14H30O.CH4O/c1-2-3-4-5-6-7-8-9-10-11-12-13-14-15;1-2/h15H,2-14H2,1H3;2H,1H3. The van der Waals surface area contributed by atoms with E-state index in [1.165, 1.54) is 70.6 Å². The number of aliphatic hydroxyl groups excluding tert-OH is 2. The Hall–Kier alpha value is -0.0800. The first kappa shape index (κ1) is 19.3. The molecule has 0 spiro atoms. The predicted octanol–water partition coefficient (Wildman–Crippen LogP) is 4.29. The van der Waals surface area contributed by atoms with Gasteiger partial charge in [0.05, 0.1) is 0 Å². The predicted molar refractivity (Wildman–Crippen MR) is 76.3 cm³/mol. The molecule has 0 aromatic carbocycles. The highest BCUT2D eigenvalue weighted by molar-refractivity contribution is 4.47. The lowest BCUT2D eigenvalue weighted by Gasteiger charge is -2.01. The van der Waals surface area contributed by atoms with Crippen molar-refractivity contribution >= 4 is 0 Å². The van der Waals surface area contributed by atoms with Crippen LogP contribution in [0.15, 0.2) is 0 Å². The largest absolute Gasteiger partial charge is 0.400 e. The van der Waals surface area contributed by atoms with Crippen molar-refractivity contribution in [3.8, 4) is 0 Å². The van der Waals surface area contributed by atoms with Gasteiger partial charge in [-0.25, -0.2) is 0 Å². The van der Waals surface area contributed by atoms with Crippen molar-refractivity contribution < 1.29 is 10.2 Å². The van der Waals surface area contributed by atoms with Gasteiger partial charge >= 0.3 is 0 Å². The molecular formula is C15H34O2. The molecule has 0 heterocycles. The van der Waals surface area contributed by atoms with Crippen LogP contribution in [0.25, 0.3) is 0 Å². The van der Waals surface area contributed by atoms with Crippen molar-refractivity contribution in [2.45, 2.75) is 84.0 Å². The van der Waals surface area contributed by atoms with Gasteiger partial charge in [-0.1, -0.05) is 77.6 Å². The summed E-state index contributed by atoms with van der Waals surface area (Å²) in [6, 6.07) is 0. The fourth-order valence-electron chi connectivity index (χ4n) is 1.95. The maximum atomic E-state index is 8.61. The molecule has 0 rings (SSSR count). The first-order chi connectivity index (χ1) is 8.41. The van der Waals surface area contributed by atoms with E-state index in [9.17, 15) is 0 Å². The third-order valence-corrected chi connectivity index (χ3v) is 3.01. The SMILES string of the molecule is CCCCCCCCCCCCCCO.CO. The Morgan fingerprint density at radius 2 is 0.824 bits per heavy atom. The molecule has 0 aliphatic carbocycles. The number of aliphatic hydroxyl groups is 2. The van der Waals surface area contributed by atoms with Crippen LogP contribution in [0.3, 0.4) is 0 Å². The van der Waals surface area contributed by atoms with Gasteiger partial charge in [0.2, 0.25) is 0 Å². The summed E-state index contributed by atoms with van der Waals surface area (Å²) in [5.41, 5.74) is 0. The number of rotatable bonds is 12. The Morgan fingerprint density at radius 1 is 0.529 bits per heavy atom. The summed E-state index contributed by atoms with van der Waals surface area (Å²) < 4.78 is 0. The highest BCUT2D eigenvalue weighted by Crippen LogP contribution is 2.11. The molecule has 0 amide bonds. The lowest BCUT2D eigenvalue weighted by atomic mass is 10.1. The van der Waals surface area contributed by atoms with Crippen molar-refractivity contribution in [2.75, 3.05) is 13.7 Å². The summed E-state index contributed by atoms with van der Waals surface area (Å²) >= 11 is 0. The second-order valence-electron chi connectivity index (χ2n) is 4.61. The van der Waals surface area contributed by atoms with Crippen LogP contribution < -0.4 is 0 Å². The minimum absolute atomic E-state index is 0.372. The third-order valence-electron chi connectivity index (χ3n) is 3.01. The van der Waals surface area contributed by atoms with E-state index in [0.29, 0.717) is 6.61 Å². The van der Waals surface area contributed by atoms with Gasteiger partial charge in [0.15, 0.2) is 0 Å². The Morgan fingerprint density at radius 3 is 1.12 bits per heavy atom. The maximum absolute atomic E-state index is 8.61. The second kappa shape index (κ2) is 21.2. The molecule has 0 aromatic rings. The van der Waals surface area contributed by atoms with Crippen LogP contribution in [0.2, 0.25) is 0 Å². The van der Waals surface area contributed by atoms with Gasteiger partial charge in [0.25, 0.3) is 0 Å². The molecule has 0 fully saturated rings. The van der Waals surface area contributed by atoms with Gasteiger partial charge in [-0.15, -0.1) is 0 Å². The molecule has 0 saturated carbocycles. The maximum Gasteiger partial charge on any atom is 0.0431 e. The normalized spacial score (nSPS) is 9.88. The van der Waals surface area contributed by atoms with E-state index >= 15 is 0 Å². The molecule has 2 heteroatoms. The molecule has 17 heavy (non-hydrogen) atoms. The van der Waals surface area contributed by atoms with Gasteiger partial charge in [-0.3, -0.25) is 0 Å². The summed E-state index contributed by atoms with van der Waals surface area (Å²) in [6.45, 7) is 2.64. The van der Waals surface area contributed by atoms with Crippen LogP contribution >= 0.6 is 0 Å². The van der Waals surface area contributed by atoms with Crippen LogP contribution in [-0.4, -0.2) is 23.9 Å². The summed E-state index contributed by atoms with van der Waals surface area (Å²) in [5, 5.41) is 15.6. The van der Waals surface area contributed by atoms with E-state index in [1.807, 2.05) is 0 Å². The Kier molecular flexibility index (Phi) is 24.1. The van der Waals surface area contributed by atoms with Crippen LogP contribution in [0.5, 0.6) is 0 Å². The molecule has 0 aromatic heterocycles. The van der Waals surface area contributed by atoms with Crippen molar-refractivity contribution in [2.24, 2.45) is 0 Å². The molecule has 106 valence electrons. The van der Waals surface area contributed by atoms with Crippen molar-refractivity contribution in [3.63, 3.8) is 0 Å². The molecule has 0 aliphatic rings. The molecule has 0 aliphatic heterocycles. The zero-order valence-corrected chi connectivity index (χ0v) is 12.1. The fourth-order valence-corrected chi connectivity index (χ4v) is 1.95. The van der Waals surface area contributed by atoms with Crippen LogP contribution in [0.4, 0.5) is 0 Å². The van der Waals surface area contributed by atoms with Gasteiger partial charge < -0.3 is 10.2 Å². The number of hydrogen-bond acceptors (Lipinski definition) is 2. The van der Waals surface area contributed by atoms with Gasteiger partial charge in [-0.05, 0) is 6.42 Å². The average molecular weight is 246 g/mol. The van der Waals surface area contributed by atoms with Crippen LogP contribution in [-0.2, 0) is 0 Å². The molecular weight excluding hydrogens is 212 g/mol. The zero-order valence-electron chi connectivity index (χ0n) is 12.1. The first-order valence-electron chi connectivity index (χ1n) is 7.47. The molecule has 0 atom stereocenters. The summed E-state index contributed by atoms with van der Waals surface area (Å²) in [4.78, 5) is 0. The Labute approximate surface area is 108 Å².